The smallest absolute Gasteiger partial charge is 0.305 e. The number of carboxylic acids is 2. The lowest BCUT2D eigenvalue weighted by atomic mass is 9.95. The van der Waals surface area contributed by atoms with Crippen molar-refractivity contribution in [2.24, 2.45) is 29.0 Å². The first kappa shape index (κ1) is 65.6. The zero-order chi connectivity index (χ0) is 56.9. The molecule has 0 saturated heterocycles. The number of aliphatic carboxylic acids is 2. The van der Waals surface area contributed by atoms with Crippen LogP contribution in [-0.2, 0) is 59.2 Å². The highest BCUT2D eigenvalue weighted by Gasteiger charge is 2.36. The summed E-state index contributed by atoms with van der Waals surface area (Å²) in [7, 11) is 1.57. The first-order chi connectivity index (χ1) is 35.3. The molecule has 0 saturated carbocycles. The van der Waals surface area contributed by atoms with E-state index in [0.717, 1.165) is 6.92 Å². The minimum absolute atomic E-state index is 0.0460. The van der Waals surface area contributed by atoms with E-state index in [1.807, 2.05) is 0 Å². The Kier molecular flexibility index (Phi) is 29.9. The zero-order valence-corrected chi connectivity index (χ0v) is 43.8. The van der Waals surface area contributed by atoms with Crippen LogP contribution in [-0.4, -0.2) is 156 Å². The van der Waals surface area contributed by atoms with Crippen molar-refractivity contribution in [3.05, 3.63) is 35.9 Å². The molecule has 1 aromatic rings. The molecule has 0 heterocycles. The lowest BCUT2D eigenvalue weighted by Gasteiger charge is -2.29. The quantitative estimate of drug-likeness (QED) is 0.0177. The summed E-state index contributed by atoms with van der Waals surface area (Å²) in [4.78, 5) is 145. The molecule has 1 rings (SSSR count). The second-order valence-corrected chi connectivity index (χ2v) is 18.3. The predicted octanol–water partition coefficient (Wildman–Crippen LogP) is -3.35. The maximum Gasteiger partial charge on any atom is 0.305 e. The van der Waals surface area contributed by atoms with E-state index in [1.54, 1.807) is 65.1 Å². The van der Waals surface area contributed by atoms with Crippen LogP contribution in [0.25, 0.3) is 0 Å². The topological polar surface area (TPSA) is 450 Å². The molecule has 75 heavy (non-hydrogen) atoms. The molecule has 0 aliphatic carbocycles. The van der Waals surface area contributed by atoms with Crippen LogP contribution in [0.3, 0.4) is 0 Å². The lowest BCUT2D eigenvalue weighted by Crippen LogP contribution is -2.61. The van der Waals surface area contributed by atoms with Crippen LogP contribution < -0.4 is 70.4 Å². The number of amides is 9. The third kappa shape index (κ3) is 24.4. The van der Waals surface area contributed by atoms with Crippen molar-refractivity contribution in [1.82, 2.24) is 53.2 Å². The van der Waals surface area contributed by atoms with Crippen LogP contribution in [0, 0.1) is 17.2 Å². The summed E-state index contributed by atoms with van der Waals surface area (Å²) in [5, 5.41) is 51.8. The fourth-order valence-corrected chi connectivity index (χ4v) is 7.35. The van der Waals surface area contributed by atoms with Gasteiger partial charge in [-0.3, -0.25) is 58.1 Å². The second kappa shape index (κ2) is 34.1. The van der Waals surface area contributed by atoms with Crippen molar-refractivity contribution in [2.75, 3.05) is 20.1 Å². The van der Waals surface area contributed by atoms with Gasteiger partial charge in [-0.25, -0.2) is 0 Å². The molecule has 1 aromatic carbocycles. The van der Waals surface area contributed by atoms with Crippen LogP contribution in [0.5, 0.6) is 0 Å². The average Bonchev–Trinajstić information content (AvgIpc) is 3.35. The van der Waals surface area contributed by atoms with Gasteiger partial charge < -0.3 is 80.6 Å². The van der Waals surface area contributed by atoms with E-state index in [1.165, 1.54) is 6.92 Å². The van der Waals surface area contributed by atoms with Gasteiger partial charge in [0.1, 0.15) is 48.3 Å². The number of guanidine groups is 1. The molecule has 0 bridgehead atoms. The summed E-state index contributed by atoms with van der Waals surface area (Å²) in [5.41, 5.74) is 17.1. The van der Waals surface area contributed by atoms with Gasteiger partial charge in [0.15, 0.2) is 5.96 Å². The highest BCUT2D eigenvalue weighted by Crippen LogP contribution is 2.13. The minimum Gasteiger partial charge on any atom is -0.481 e. The van der Waals surface area contributed by atoms with Gasteiger partial charge in [0.25, 0.3) is 0 Å². The van der Waals surface area contributed by atoms with Gasteiger partial charge in [-0.2, -0.15) is 0 Å². The molecular weight excluding hydrogens is 981 g/mol. The molecule has 0 spiro atoms. The van der Waals surface area contributed by atoms with E-state index < -0.39 is 138 Å². The number of carbonyl (C=O) groups excluding carboxylic acids is 9. The Hall–Kier alpha value is -7.42. The molecule has 0 aromatic heterocycles. The van der Waals surface area contributed by atoms with E-state index in [-0.39, 0.29) is 44.1 Å². The Labute approximate surface area is 436 Å². The van der Waals surface area contributed by atoms with E-state index >= 15 is 0 Å². The summed E-state index contributed by atoms with van der Waals surface area (Å²) in [5.74, 6) is -12.7. The fourth-order valence-electron chi connectivity index (χ4n) is 7.35. The number of carboxylic acid groups (broad SMARTS) is 2. The summed E-state index contributed by atoms with van der Waals surface area (Å²) >= 11 is 0. The molecule has 27 heteroatoms. The molecule has 420 valence electrons. The predicted molar refractivity (Wildman–Crippen MR) is 274 cm³/mol. The average molecular weight is 1060 g/mol. The first-order valence-electron chi connectivity index (χ1n) is 24.9. The normalized spacial score (nSPS) is 15.4. The number of carbonyl (C=O) groups is 11. The molecule has 0 aliphatic rings. The number of hydrogen-bond donors (Lipinski definition) is 16. The standard InChI is InChI=1S/C48H80N14O13/c1-8-25(3)37(39(50)67)61-45(73)32(22-29-16-11-10-12-17-29)60-47(75)38(26(4)9-2)62-46(74)34(24-36(65)66)58-41(69)28(6)56-44(72)33(23-35(63)64)59-43(71)31(19-15-21-54-48(51)52)57-40(68)27(5)55-42(70)30(53-7)18-13-14-20-49/h10-12,16-17,25-28,30-34,37-38,53H,8-9,13-15,18-24,49H2,1-7H3,(H2,50,67)(H,55,70)(H,56,72)(H,57,68)(H,58,69)(H,59,71)(H,60,75)(H,61,73)(H,62,74)(H,63,64)(H,65,66)(H4,51,52,54)/t25-,26-,27-,28-,30-,31-,32-,33-,34-,37-,38-/m0/s1. The molecule has 11 atom stereocenters. The van der Waals surface area contributed by atoms with Crippen molar-refractivity contribution in [2.45, 2.75) is 160 Å². The van der Waals surface area contributed by atoms with E-state index in [4.69, 9.17) is 22.6 Å². The Morgan fingerprint density at radius 3 is 1.44 bits per heavy atom. The van der Waals surface area contributed by atoms with E-state index in [2.05, 4.69) is 53.2 Å². The number of unbranched alkanes of at least 4 members (excludes halogenated alkanes) is 1. The Bertz CT molecular complexity index is 2120. The molecule has 0 aliphatic heterocycles. The Balaban J connectivity index is 3.35. The van der Waals surface area contributed by atoms with Gasteiger partial charge in [0.05, 0.1) is 18.9 Å². The molecular formula is C48H80N14O13. The van der Waals surface area contributed by atoms with Gasteiger partial charge >= 0.3 is 11.9 Å². The summed E-state index contributed by atoms with van der Waals surface area (Å²) in [6, 6.07) is -3.81. The Morgan fingerprint density at radius 1 is 0.533 bits per heavy atom. The first-order valence-corrected chi connectivity index (χ1v) is 24.9. The van der Waals surface area contributed by atoms with Gasteiger partial charge in [0, 0.05) is 13.0 Å². The van der Waals surface area contributed by atoms with Crippen LogP contribution in [0.4, 0.5) is 0 Å². The summed E-state index contributed by atoms with van der Waals surface area (Å²) < 4.78 is 0. The highest BCUT2D eigenvalue weighted by molar-refractivity contribution is 5.99. The minimum atomic E-state index is -1.88. The maximum atomic E-state index is 14.1. The molecule has 19 N–H and O–H groups in total. The van der Waals surface area contributed by atoms with Crippen LogP contribution >= 0.6 is 0 Å². The van der Waals surface area contributed by atoms with E-state index in [9.17, 15) is 63.0 Å². The summed E-state index contributed by atoms with van der Waals surface area (Å²) in [6.07, 6.45) is 0.391. The van der Waals surface area contributed by atoms with Gasteiger partial charge in [-0.1, -0.05) is 77.3 Å². The second-order valence-electron chi connectivity index (χ2n) is 18.3. The van der Waals surface area contributed by atoms with Crippen LogP contribution in [0.1, 0.15) is 105 Å². The van der Waals surface area contributed by atoms with Gasteiger partial charge in [-0.05, 0) is 70.5 Å². The van der Waals surface area contributed by atoms with Crippen molar-refractivity contribution in [3.63, 3.8) is 0 Å². The third-order valence-electron chi connectivity index (χ3n) is 12.3. The van der Waals surface area contributed by atoms with Crippen molar-refractivity contribution < 1.29 is 63.0 Å². The number of benzene rings is 1. The number of likely N-dealkylation sites (N-methyl/N-ethyl adjacent to an activating group) is 1. The van der Waals surface area contributed by atoms with Crippen molar-refractivity contribution in [3.8, 4) is 0 Å². The fraction of sp³-hybridized carbons (Fsp3) is 0.625. The van der Waals surface area contributed by atoms with Crippen molar-refractivity contribution >= 4 is 71.1 Å². The van der Waals surface area contributed by atoms with Crippen LogP contribution in [0.15, 0.2) is 30.3 Å². The largest absolute Gasteiger partial charge is 0.481 e. The number of rotatable bonds is 36. The molecule has 0 fully saturated rings. The molecule has 0 radical (unpaired) electrons. The van der Waals surface area contributed by atoms with Gasteiger partial charge in [0.2, 0.25) is 53.2 Å². The number of nitrogens with two attached hydrogens (primary N) is 3. The number of hydrogen-bond acceptors (Lipinski definition) is 14. The third-order valence-corrected chi connectivity index (χ3v) is 12.3. The number of primary amides is 1. The highest BCUT2D eigenvalue weighted by atomic mass is 16.4. The number of nitrogens with one attached hydrogen (secondary N) is 11. The monoisotopic (exact) mass is 1060 g/mol. The zero-order valence-electron chi connectivity index (χ0n) is 43.8. The van der Waals surface area contributed by atoms with Crippen LogP contribution in [0.2, 0.25) is 0 Å². The molecule has 9 amide bonds. The SMILES string of the molecule is CC[C@H](C)[C@H](NC(=O)[C@H](Cc1ccccc1)NC(=O)[C@@H](NC(=O)[C@H](CC(=O)O)NC(=O)[C@H](C)NC(=O)[C@H](CC(=O)O)NC(=O)[C@H](CCCNC(=N)N)NC(=O)[C@H](C)NC(=O)[C@H](CCCCN)NC)[C@@H](C)CC)C(N)=O. The Morgan fingerprint density at radius 2 is 0.960 bits per heavy atom. The van der Waals surface area contributed by atoms with E-state index in [0.29, 0.717) is 37.8 Å². The van der Waals surface area contributed by atoms with Crippen molar-refractivity contribution in [1.29, 1.82) is 5.41 Å². The molecule has 0 unspecified atom stereocenters. The lowest BCUT2D eigenvalue weighted by molar-refractivity contribution is -0.142. The summed E-state index contributed by atoms with van der Waals surface area (Å²) in [6.45, 7) is 9.81. The van der Waals surface area contributed by atoms with Gasteiger partial charge in [-0.15, -0.1) is 0 Å². The molecule has 27 nitrogen and oxygen atoms in total. The maximum absolute atomic E-state index is 14.1.